The lowest BCUT2D eigenvalue weighted by Gasteiger charge is -2.38. The second kappa shape index (κ2) is 6.33. The SMILES string of the molecule is COc1cccc2c1C(N)N(CC(C)(C)c1ccccc1)S(=O)(=O)O2. The van der Waals surface area contributed by atoms with Crippen LogP contribution in [0.1, 0.15) is 31.1 Å². The van der Waals surface area contributed by atoms with Gasteiger partial charge in [0.1, 0.15) is 11.9 Å². The number of benzene rings is 2. The van der Waals surface area contributed by atoms with Gasteiger partial charge in [-0.15, -0.1) is 4.31 Å². The van der Waals surface area contributed by atoms with E-state index in [4.69, 9.17) is 14.7 Å². The summed E-state index contributed by atoms with van der Waals surface area (Å²) in [7, 11) is -2.48. The Morgan fingerprint density at radius 3 is 2.48 bits per heavy atom. The van der Waals surface area contributed by atoms with Crippen LogP contribution in [0, 0.1) is 0 Å². The minimum Gasteiger partial charge on any atom is -0.496 e. The van der Waals surface area contributed by atoms with Crippen molar-refractivity contribution in [3.8, 4) is 11.5 Å². The molecule has 1 heterocycles. The molecule has 2 aromatic carbocycles. The maximum atomic E-state index is 12.6. The van der Waals surface area contributed by atoms with Crippen LogP contribution < -0.4 is 14.7 Å². The van der Waals surface area contributed by atoms with Gasteiger partial charge >= 0.3 is 10.3 Å². The predicted molar refractivity (Wildman–Crippen MR) is 95.6 cm³/mol. The van der Waals surface area contributed by atoms with Crippen LogP contribution in [0.2, 0.25) is 0 Å². The lowest BCUT2D eigenvalue weighted by atomic mass is 9.84. The molecule has 2 N–H and O–H groups in total. The molecular weight excluding hydrogens is 340 g/mol. The van der Waals surface area contributed by atoms with Gasteiger partial charge in [0.15, 0.2) is 5.75 Å². The molecule has 134 valence electrons. The van der Waals surface area contributed by atoms with Crippen molar-refractivity contribution in [3.05, 3.63) is 59.7 Å². The van der Waals surface area contributed by atoms with Crippen molar-refractivity contribution in [2.45, 2.75) is 25.4 Å². The van der Waals surface area contributed by atoms with Gasteiger partial charge in [-0.2, -0.15) is 8.42 Å². The molecule has 0 radical (unpaired) electrons. The largest absolute Gasteiger partial charge is 0.496 e. The quantitative estimate of drug-likeness (QED) is 0.904. The predicted octanol–water partition coefficient (Wildman–Crippen LogP) is 2.57. The zero-order valence-corrected chi connectivity index (χ0v) is 15.3. The summed E-state index contributed by atoms with van der Waals surface area (Å²) in [6, 6.07) is 14.7. The fraction of sp³-hybridized carbons (Fsp3) is 0.333. The number of rotatable bonds is 4. The Morgan fingerprint density at radius 2 is 1.84 bits per heavy atom. The standard InChI is InChI=1S/C18H22N2O4S/c1-18(2,13-8-5-4-6-9-13)12-20-17(19)16-14(23-3)10-7-11-15(16)24-25(20,21)22/h4-11,17H,12,19H2,1-3H3. The van der Waals surface area contributed by atoms with E-state index in [1.807, 2.05) is 44.2 Å². The first-order chi connectivity index (χ1) is 11.8. The third-order valence-corrected chi connectivity index (χ3v) is 5.76. The van der Waals surface area contributed by atoms with E-state index in [-0.39, 0.29) is 12.3 Å². The zero-order chi connectivity index (χ0) is 18.2. The average molecular weight is 362 g/mol. The highest BCUT2D eigenvalue weighted by Gasteiger charge is 2.42. The van der Waals surface area contributed by atoms with Crippen LogP contribution in [0.5, 0.6) is 11.5 Å². The smallest absolute Gasteiger partial charge is 0.386 e. The molecule has 0 aromatic heterocycles. The van der Waals surface area contributed by atoms with E-state index >= 15 is 0 Å². The molecule has 6 nitrogen and oxygen atoms in total. The molecule has 0 saturated heterocycles. The molecular formula is C18H22N2O4S. The van der Waals surface area contributed by atoms with Gasteiger partial charge in [0.2, 0.25) is 0 Å². The van der Waals surface area contributed by atoms with Crippen molar-refractivity contribution in [2.24, 2.45) is 5.73 Å². The van der Waals surface area contributed by atoms with E-state index in [2.05, 4.69) is 0 Å². The highest BCUT2D eigenvalue weighted by Crippen LogP contribution is 2.42. The van der Waals surface area contributed by atoms with Gasteiger partial charge < -0.3 is 14.7 Å². The second-order valence-corrected chi connectivity index (χ2v) is 8.14. The molecule has 0 spiro atoms. The summed E-state index contributed by atoms with van der Waals surface area (Å²) < 4.78 is 37.1. The maximum absolute atomic E-state index is 12.6. The molecule has 3 rings (SSSR count). The minimum atomic E-state index is -4.00. The molecule has 0 aliphatic carbocycles. The monoisotopic (exact) mass is 362 g/mol. The van der Waals surface area contributed by atoms with E-state index in [1.165, 1.54) is 11.4 Å². The van der Waals surface area contributed by atoms with Crippen molar-refractivity contribution in [1.82, 2.24) is 4.31 Å². The Morgan fingerprint density at radius 1 is 1.16 bits per heavy atom. The molecule has 0 fully saturated rings. The molecule has 0 amide bonds. The van der Waals surface area contributed by atoms with Gasteiger partial charge in [0.25, 0.3) is 0 Å². The first kappa shape index (κ1) is 17.7. The lowest BCUT2D eigenvalue weighted by molar-refractivity contribution is 0.228. The maximum Gasteiger partial charge on any atom is 0.386 e. The first-order valence-electron chi connectivity index (χ1n) is 7.95. The summed E-state index contributed by atoms with van der Waals surface area (Å²) in [4.78, 5) is 0. The third-order valence-electron chi connectivity index (χ3n) is 4.44. The Bertz CT molecular complexity index is 866. The van der Waals surface area contributed by atoms with Gasteiger partial charge in [-0.3, -0.25) is 0 Å². The Balaban J connectivity index is 2.01. The minimum absolute atomic E-state index is 0.179. The van der Waals surface area contributed by atoms with Gasteiger partial charge in [-0.25, -0.2) is 0 Å². The molecule has 2 aromatic rings. The van der Waals surface area contributed by atoms with E-state index < -0.39 is 21.9 Å². The highest BCUT2D eigenvalue weighted by molar-refractivity contribution is 7.84. The molecule has 0 saturated carbocycles. The molecule has 7 heteroatoms. The van der Waals surface area contributed by atoms with Gasteiger partial charge in [0, 0.05) is 12.0 Å². The highest BCUT2D eigenvalue weighted by atomic mass is 32.2. The van der Waals surface area contributed by atoms with Crippen LogP contribution in [0.25, 0.3) is 0 Å². The van der Waals surface area contributed by atoms with Crippen LogP contribution in [-0.4, -0.2) is 26.4 Å². The number of fused-ring (bicyclic) bond motifs is 1. The lowest BCUT2D eigenvalue weighted by Crippen LogP contribution is -2.50. The zero-order valence-electron chi connectivity index (χ0n) is 14.5. The number of nitrogens with two attached hydrogens (primary N) is 1. The summed E-state index contributed by atoms with van der Waals surface area (Å²) >= 11 is 0. The van der Waals surface area contributed by atoms with E-state index in [9.17, 15) is 8.42 Å². The van der Waals surface area contributed by atoms with E-state index in [0.717, 1.165) is 5.56 Å². The van der Waals surface area contributed by atoms with Gasteiger partial charge in [-0.1, -0.05) is 50.2 Å². The molecule has 0 bridgehead atoms. The molecule has 1 aliphatic rings. The fourth-order valence-electron chi connectivity index (χ4n) is 3.06. The molecule has 1 aliphatic heterocycles. The van der Waals surface area contributed by atoms with E-state index in [1.54, 1.807) is 18.2 Å². The van der Waals surface area contributed by atoms with Gasteiger partial charge in [-0.05, 0) is 17.7 Å². The second-order valence-electron chi connectivity index (χ2n) is 6.65. The van der Waals surface area contributed by atoms with Crippen LogP contribution in [-0.2, 0) is 15.7 Å². The van der Waals surface area contributed by atoms with Crippen molar-refractivity contribution >= 4 is 10.3 Å². The van der Waals surface area contributed by atoms with Crippen molar-refractivity contribution in [2.75, 3.05) is 13.7 Å². The summed E-state index contributed by atoms with van der Waals surface area (Å²) in [5, 5.41) is 0. The number of ether oxygens (including phenoxy) is 1. The fourth-order valence-corrected chi connectivity index (χ4v) is 4.39. The van der Waals surface area contributed by atoms with Crippen molar-refractivity contribution in [1.29, 1.82) is 0 Å². The number of hydrogen-bond donors (Lipinski definition) is 1. The van der Waals surface area contributed by atoms with Gasteiger partial charge in [0.05, 0.1) is 12.7 Å². The van der Waals surface area contributed by atoms with Crippen LogP contribution >= 0.6 is 0 Å². The number of hydrogen-bond acceptors (Lipinski definition) is 5. The topological polar surface area (TPSA) is 81.9 Å². The Labute approximate surface area is 148 Å². The normalized spacial score (nSPS) is 19.8. The summed E-state index contributed by atoms with van der Waals surface area (Å²) in [6.07, 6.45) is -0.882. The number of methoxy groups -OCH3 is 1. The van der Waals surface area contributed by atoms with Crippen LogP contribution in [0.4, 0.5) is 0 Å². The summed E-state index contributed by atoms with van der Waals surface area (Å²) in [5.74, 6) is 0.711. The number of nitrogens with zero attached hydrogens (tertiary/aromatic N) is 1. The molecule has 1 atom stereocenters. The van der Waals surface area contributed by atoms with E-state index in [0.29, 0.717) is 11.3 Å². The Kier molecular flexibility index (Phi) is 4.49. The van der Waals surface area contributed by atoms with Crippen molar-refractivity contribution < 1.29 is 17.3 Å². The average Bonchev–Trinajstić information content (AvgIpc) is 2.58. The molecule has 25 heavy (non-hydrogen) atoms. The third kappa shape index (κ3) is 3.22. The summed E-state index contributed by atoms with van der Waals surface area (Å²) in [5.41, 5.74) is 7.41. The molecule has 1 unspecified atom stereocenters. The summed E-state index contributed by atoms with van der Waals surface area (Å²) in [6.45, 7) is 4.13. The first-order valence-corrected chi connectivity index (χ1v) is 9.32. The van der Waals surface area contributed by atoms with Crippen LogP contribution in [0.3, 0.4) is 0 Å². The Hall–Kier alpha value is -2.09. The van der Waals surface area contributed by atoms with Crippen LogP contribution in [0.15, 0.2) is 48.5 Å². The van der Waals surface area contributed by atoms with Crippen molar-refractivity contribution in [3.63, 3.8) is 0 Å².